The first-order valence-corrected chi connectivity index (χ1v) is 9.02. The Balaban J connectivity index is 2.14. The van der Waals surface area contributed by atoms with Crippen molar-refractivity contribution in [2.45, 2.75) is 52.2 Å². The minimum absolute atomic E-state index is 0.257. The molecule has 0 atom stereocenters. The van der Waals surface area contributed by atoms with E-state index in [-0.39, 0.29) is 11.2 Å². The lowest BCUT2D eigenvalue weighted by Gasteiger charge is -2.28. The molecule has 0 N–H and O–H groups in total. The van der Waals surface area contributed by atoms with Crippen LogP contribution in [0.5, 0.6) is 5.75 Å². The summed E-state index contributed by atoms with van der Waals surface area (Å²) in [5.41, 5.74) is 2.69. The zero-order valence-electron chi connectivity index (χ0n) is 16.6. The zero-order chi connectivity index (χ0) is 19.2. The largest absolute Gasteiger partial charge is 0.495 e. The fourth-order valence-electron chi connectivity index (χ4n) is 2.63. The van der Waals surface area contributed by atoms with Crippen LogP contribution in [0.1, 0.15) is 51.3 Å². The molecule has 26 heavy (non-hydrogen) atoms. The SMILES string of the molecule is C=Cc1ccc(CC(C)(C)OC=Cc2ccccc2)c(OC(C)(C)C)c1. The van der Waals surface area contributed by atoms with E-state index in [1.807, 2.05) is 36.4 Å². The summed E-state index contributed by atoms with van der Waals surface area (Å²) in [5.74, 6) is 0.888. The quantitative estimate of drug-likeness (QED) is 0.530. The van der Waals surface area contributed by atoms with Crippen LogP contribution >= 0.6 is 0 Å². The third kappa shape index (κ3) is 6.44. The van der Waals surface area contributed by atoms with Crippen LogP contribution in [0.2, 0.25) is 0 Å². The summed E-state index contributed by atoms with van der Waals surface area (Å²) in [4.78, 5) is 0. The van der Waals surface area contributed by atoms with Gasteiger partial charge in [0, 0.05) is 6.42 Å². The molecule has 0 aromatic heterocycles. The maximum absolute atomic E-state index is 6.17. The zero-order valence-corrected chi connectivity index (χ0v) is 16.6. The minimum atomic E-state index is -0.350. The van der Waals surface area contributed by atoms with Gasteiger partial charge in [-0.2, -0.15) is 0 Å². The molecule has 2 aromatic rings. The first-order chi connectivity index (χ1) is 12.2. The van der Waals surface area contributed by atoms with Crippen molar-refractivity contribution < 1.29 is 9.47 Å². The maximum Gasteiger partial charge on any atom is 0.124 e. The van der Waals surface area contributed by atoms with Crippen molar-refractivity contribution in [2.75, 3.05) is 0 Å². The Morgan fingerprint density at radius 1 is 0.923 bits per heavy atom. The predicted octanol–water partition coefficient (Wildman–Crippen LogP) is 6.52. The van der Waals surface area contributed by atoms with Gasteiger partial charge in [-0.3, -0.25) is 0 Å². The van der Waals surface area contributed by atoms with Crippen molar-refractivity contribution in [3.05, 3.63) is 78.1 Å². The highest BCUT2D eigenvalue weighted by molar-refractivity contribution is 5.52. The predicted molar refractivity (Wildman–Crippen MR) is 111 cm³/mol. The lowest BCUT2D eigenvalue weighted by Crippen LogP contribution is -2.27. The smallest absolute Gasteiger partial charge is 0.124 e. The summed E-state index contributed by atoms with van der Waals surface area (Å²) in [5, 5.41) is 0. The summed E-state index contributed by atoms with van der Waals surface area (Å²) >= 11 is 0. The molecular formula is C24H30O2. The number of ether oxygens (including phenoxy) is 2. The second kappa shape index (κ2) is 8.27. The Morgan fingerprint density at radius 2 is 1.62 bits per heavy atom. The maximum atomic E-state index is 6.17. The molecule has 138 valence electrons. The Kier molecular flexibility index (Phi) is 6.31. The van der Waals surface area contributed by atoms with Crippen LogP contribution < -0.4 is 4.74 Å². The van der Waals surface area contributed by atoms with E-state index in [1.165, 1.54) is 0 Å². The molecule has 0 radical (unpaired) electrons. The van der Waals surface area contributed by atoms with Crippen molar-refractivity contribution >= 4 is 12.2 Å². The van der Waals surface area contributed by atoms with Crippen molar-refractivity contribution in [3.8, 4) is 5.75 Å². The highest BCUT2D eigenvalue weighted by Crippen LogP contribution is 2.29. The molecule has 0 amide bonds. The molecule has 0 aliphatic carbocycles. The minimum Gasteiger partial charge on any atom is -0.495 e. The van der Waals surface area contributed by atoms with E-state index in [0.717, 1.165) is 28.9 Å². The number of hydrogen-bond donors (Lipinski definition) is 0. The summed E-state index contributed by atoms with van der Waals surface area (Å²) < 4.78 is 12.2. The molecule has 0 saturated heterocycles. The number of rotatable bonds is 7. The Bertz CT molecular complexity index is 750. The van der Waals surface area contributed by atoms with Crippen LogP contribution in [0.25, 0.3) is 12.2 Å². The summed E-state index contributed by atoms with van der Waals surface area (Å²) in [6, 6.07) is 16.4. The third-order valence-corrected chi connectivity index (χ3v) is 3.81. The highest BCUT2D eigenvalue weighted by Gasteiger charge is 2.23. The van der Waals surface area contributed by atoms with Gasteiger partial charge >= 0.3 is 0 Å². The fourth-order valence-corrected chi connectivity index (χ4v) is 2.63. The lowest BCUT2D eigenvalue weighted by atomic mass is 9.96. The average Bonchev–Trinajstić information content (AvgIpc) is 2.56. The van der Waals surface area contributed by atoms with Gasteiger partial charge in [0.1, 0.15) is 17.0 Å². The average molecular weight is 351 g/mol. The normalized spacial score (nSPS) is 12.2. The monoisotopic (exact) mass is 350 g/mol. The molecule has 0 heterocycles. The molecule has 0 spiro atoms. The second-order valence-electron chi connectivity index (χ2n) is 8.05. The number of hydrogen-bond acceptors (Lipinski definition) is 2. The van der Waals surface area contributed by atoms with Gasteiger partial charge in [0.25, 0.3) is 0 Å². The van der Waals surface area contributed by atoms with Gasteiger partial charge in [0.2, 0.25) is 0 Å². The van der Waals surface area contributed by atoms with E-state index in [2.05, 4.69) is 65.5 Å². The third-order valence-electron chi connectivity index (χ3n) is 3.81. The molecule has 0 saturated carbocycles. The number of benzene rings is 2. The lowest BCUT2D eigenvalue weighted by molar-refractivity contribution is 0.0573. The summed E-state index contributed by atoms with van der Waals surface area (Å²) in [7, 11) is 0. The summed E-state index contributed by atoms with van der Waals surface area (Å²) in [6.07, 6.45) is 6.34. The molecular weight excluding hydrogens is 320 g/mol. The Morgan fingerprint density at radius 3 is 2.23 bits per heavy atom. The van der Waals surface area contributed by atoms with E-state index in [0.29, 0.717) is 0 Å². The van der Waals surface area contributed by atoms with Crippen LogP contribution in [-0.2, 0) is 11.2 Å². The molecule has 0 aliphatic heterocycles. The molecule has 0 unspecified atom stereocenters. The fraction of sp³-hybridized carbons (Fsp3) is 0.333. The topological polar surface area (TPSA) is 18.5 Å². The van der Waals surface area contributed by atoms with E-state index in [9.17, 15) is 0 Å². The first-order valence-electron chi connectivity index (χ1n) is 9.02. The van der Waals surface area contributed by atoms with Crippen LogP contribution in [-0.4, -0.2) is 11.2 Å². The molecule has 0 fully saturated rings. The molecule has 0 bridgehead atoms. The van der Waals surface area contributed by atoms with Crippen LogP contribution in [0, 0.1) is 0 Å². The Labute approximate surface area is 158 Å². The van der Waals surface area contributed by atoms with Gasteiger partial charge < -0.3 is 9.47 Å². The molecule has 2 rings (SSSR count). The van der Waals surface area contributed by atoms with Crippen LogP contribution in [0.3, 0.4) is 0 Å². The van der Waals surface area contributed by atoms with Gasteiger partial charge in [-0.25, -0.2) is 0 Å². The van der Waals surface area contributed by atoms with Crippen molar-refractivity contribution in [3.63, 3.8) is 0 Å². The molecule has 2 heteroatoms. The summed E-state index contributed by atoms with van der Waals surface area (Å²) in [6.45, 7) is 14.2. The van der Waals surface area contributed by atoms with E-state index in [4.69, 9.17) is 9.47 Å². The van der Waals surface area contributed by atoms with E-state index < -0.39 is 0 Å². The molecule has 2 aromatic carbocycles. The van der Waals surface area contributed by atoms with E-state index >= 15 is 0 Å². The van der Waals surface area contributed by atoms with Gasteiger partial charge in [-0.1, -0.05) is 55.1 Å². The van der Waals surface area contributed by atoms with Crippen LogP contribution in [0.15, 0.2) is 61.4 Å². The first kappa shape index (κ1) is 19.8. The standard InChI is InChI=1S/C24H30O2/c1-7-19-13-14-21(22(17-19)26-23(2,3)4)18-24(5,6)25-16-15-20-11-9-8-10-12-20/h7-17H,1,18H2,2-6H3. The van der Waals surface area contributed by atoms with Crippen LogP contribution in [0.4, 0.5) is 0 Å². The van der Waals surface area contributed by atoms with Crippen molar-refractivity contribution in [1.82, 2.24) is 0 Å². The van der Waals surface area contributed by atoms with Crippen molar-refractivity contribution in [1.29, 1.82) is 0 Å². The van der Waals surface area contributed by atoms with Crippen molar-refractivity contribution in [2.24, 2.45) is 0 Å². The van der Waals surface area contributed by atoms with Gasteiger partial charge in [-0.15, -0.1) is 0 Å². The molecule has 2 nitrogen and oxygen atoms in total. The molecule has 0 aliphatic rings. The second-order valence-corrected chi connectivity index (χ2v) is 8.05. The van der Waals surface area contributed by atoms with Gasteiger partial charge in [0.15, 0.2) is 0 Å². The van der Waals surface area contributed by atoms with Gasteiger partial charge in [-0.05, 0) is 63.5 Å². The van der Waals surface area contributed by atoms with Gasteiger partial charge in [0.05, 0.1) is 6.26 Å². The Hall–Kier alpha value is -2.48. The highest BCUT2D eigenvalue weighted by atomic mass is 16.5. The van der Waals surface area contributed by atoms with E-state index in [1.54, 1.807) is 6.26 Å².